The number of halogens is 3. The second-order valence-corrected chi connectivity index (χ2v) is 6.98. The van der Waals surface area contributed by atoms with Crippen molar-refractivity contribution >= 4 is 11.8 Å². The normalized spacial score (nSPS) is 20.8. The van der Waals surface area contributed by atoms with Crippen LogP contribution in [-0.4, -0.2) is 51.9 Å². The third-order valence-electron chi connectivity index (χ3n) is 5.16. The summed E-state index contributed by atoms with van der Waals surface area (Å²) in [6.45, 7) is 1.21. The zero-order chi connectivity index (χ0) is 19.6. The molecule has 2 fully saturated rings. The van der Waals surface area contributed by atoms with E-state index in [4.69, 9.17) is 0 Å². The van der Waals surface area contributed by atoms with E-state index in [0.717, 1.165) is 42.5 Å². The number of alkyl halides is 3. The Labute approximate surface area is 154 Å². The van der Waals surface area contributed by atoms with Crippen LogP contribution in [-0.2, 0) is 22.3 Å². The predicted molar refractivity (Wildman–Crippen MR) is 90.9 cm³/mol. The highest BCUT2D eigenvalue weighted by atomic mass is 19.4. The molecule has 3 rings (SSSR count). The summed E-state index contributed by atoms with van der Waals surface area (Å²) in [5.41, 5.74) is -2.56. The van der Waals surface area contributed by atoms with E-state index in [1.54, 1.807) is 4.90 Å². The van der Waals surface area contributed by atoms with Crippen molar-refractivity contribution in [3.05, 3.63) is 34.2 Å². The molecule has 2 saturated heterocycles. The number of hydrogen-bond donors (Lipinski definition) is 0. The molecule has 9 heteroatoms. The van der Waals surface area contributed by atoms with Crippen molar-refractivity contribution in [2.45, 2.75) is 50.9 Å². The van der Waals surface area contributed by atoms with Crippen LogP contribution in [0.15, 0.2) is 23.1 Å². The molecule has 2 amide bonds. The van der Waals surface area contributed by atoms with Gasteiger partial charge in [0.1, 0.15) is 18.2 Å². The molecular weight excluding hydrogens is 363 g/mol. The molecule has 0 bridgehead atoms. The number of likely N-dealkylation sites (tertiary alicyclic amines) is 2. The highest BCUT2D eigenvalue weighted by Gasteiger charge is 2.37. The first-order chi connectivity index (χ1) is 12.8. The highest BCUT2D eigenvalue weighted by molar-refractivity contribution is 5.88. The molecule has 148 valence electrons. The van der Waals surface area contributed by atoms with Crippen molar-refractivity contribution < 1.29 is 22.8 Å². The van der Waals surface area contributed by atoms with E-state index >= 15 is 0 Å². The minimum Gasteiger partial charge on any atom is -0.341 e. The van der Waals surface area contributed by atoms with Gasteiger partial charge in [-0.25, -0.2) is 0 Å². The first kappa shape index (κ1) is 19.4. The van der Waals surface area contributed by atoms with Gasteiger partial charge in [-0.15, -0.1) is 0 Å². The van der Waals surface area contributed by atoms with Gasteiger partial charge in [-0.3, -0.25) is 14.4 Å². The number of carbonyl (C=O) groups excluding carboxylic acids is 2. The number of carbonyl (C=O) groups is 2. The van der Waals surface area contributed by atoms with Crippen molar-refractivity contribution in [2.75, 3.05) is 19.6 Å². The molecule has 1 atom stereocenters. The number of rotatable bonds is 3. The average molecular weight is 385 g/mol. The van der Waals surface area contributed by atoms with Crippen LogP contribution in [0.4, 0.5) is 13.2 Å². The zero-order valence-corrected chi connectivity index (χ0v) is 14.9. The Morgan fingerprint density at radius 1 is 1.07 bits per heavy atom. The number of pyridine rings is 1. The van der Waals surface area contributed by atoms with Crippen LogP contribution < -0.4 is 5.56 Å². The summed E-state index contributed by atoms with van der Waals surface area (Å²) >= 11 is 0. The van der Waals surface area contributed by atoms with Crippen LogP contribution in [0.1, 0.15) is 37.7 Å². The van der Waals surface area contributed by atoms with Crippen LogP contribution in [0.2, 0.25) is 0 Å². The maximum Gasteiger partial charge on any atom is 0.421 e. The van der Waals surface area contributed by atoms with Crippen molar-refractivity contribution in [3.8, 4) is 0 Å². The Bertz CT molecular complexity index is 769. The lowest BCUT2D eigenvalue weighted by Crippen LogP contribution is -2.53. The van der Waals surface area contributed by atoms with Gasteiger partial charge >= 0.3 is 6.18 Å². The smallest absolute Gasteiger partial charge is 0.341 e. The third-order valence-corrected chi connectivity index (χ3v) is 5.16. The van der Waals surface area contributed by atoms with Gasteiger partial charge in [0.05, 0.1) is 0 Å². The molecule has 6 nitrogen and oxygen atoms in total. The van der Waals surface area contributed by atoms with Gasteiger partial charge < -0.3 is 14.4 Å². The second kappa shape index (κ2) is 7.74. The molecule has 3 heterocycles. The Hall–Kier alpha value is -2.32. The monoisotopic (exact) mass is 385 g/mol. The third kappa shape index (κ3) is 4.17. The molecule has 1 unspecified atom stereocenters. The van der Waals surface area contributed by atoms with Gasteiger partial charge in [-0.05, 0) is 44.2 Å². The number of piperidine rings is 1. The Kier molecular flexibility index (Phi) is 5.57. The highest BCUT2D eigenvalue weighted by Crippen LogP contribution is 2.26. The van der Waals surface area contributed by atoms with Crippen LogP contribution in [0.25, 0.3) is 0 Å². The van der Waals surface area contributed by atoms with Crippen molar-refractivity contribution in [1.29, 1.82) is 0 Å². The van der Waals surface area contributed by atoms with Crippen LogP contribution in [0.3, 0.4) is 0 Å². The Morgan fingerprint density at radius 2 is 1.74 bits per heavy atom. The van der Waals surface area contributed by atoms with E-state index in [1.165, 1.54) is 4.90 Å². The molecule has 0 saturated carbocycles. The summed E-state index contributed by atoms with van der Waals surface area (Å²) in [4.78, 5) is 40.7. The molecule has 0 aliphatic carbocycles. The average Bonchev–Trinajstić information content (AvgIpc) is 3.16. The first-order valence-electron chi connectivity index (χ1n) is 9.14. The van der Waals surface area contributed by atoms with E-state index in [1.807, 2.05) is 0 Å². The fourth-order valence-electron chi connectivity index (χ4n) is 3.75. The van der Waals surface area contributed by atoms with Gasteiger partial charge in [-0.2, -0.15) is 13.2 Å². The largest absolute Gasteiger partial charge is 0.421 e. The molecule has 0 N–H and O–H groups in total. The molecule has 0 aromatic carbocycles. The minimum absolute atomic E-state index is 0.100. The summed E-state index contributed by atoms with van der Waals surface area (Å²) < 4.78 is 39.5. The SMILES string of the molecule is O=C(C1CCCCN1C(=O)Cn1cccc(C(F)(F)F)c1=O)N1CCCC1. The first-order valence-corrected chi connectivity index (χ1v) is 9.14. The van der Waals surface area contributed by atoms with Gasteiger partial charge in [0.25, 0.3) is 5.56 Å². The van der Waals surface area contributed by atoms with Crippen LogP contribution in [0, 0.1) is 0 Å². The van der Waals surface area contributed by atoms with Gasteiger partial charge in [-0.1, -0.05) is 0 Å². The number of hydrogen-bond acceptors (Lipinski definition) is 3. The lowest BCUT2D eigenvalue weighted by Gasteiger charge is -2.37. The quantitative estimate of drug-likeness (QED) is 0.798. The van der Waals surface area contributed by atoms with Crippen LogP contribution >= 0.6 is 0 Å². The van der Waals surface area contributed by atoms with E-state index < -0.39 is 35.8 Å². The summed E-state index contributed by atoms with van der Waals surface area (Å²) in [7, 11) is 0. The minimum atomic E-state index is -4.78. The lowest BCUT2D eigenvalue weighted by molar-refractivity contribution is -0.147. The molecule has 1 aromatic rings. The maximum absolute atomic E-state index is 12.9. The Morgan fingerprint density at radius 3 is 2.41 bits per heavy atom. The van der Waals surface area contributed by atoms with Crippen molar-refractivity contribution in [2.24, 2.45) is 0 Å². The van der Waals surface area contributed by atoms with E-state index in [2.05, 4.69) is 0 Å². The van der Waals surface area contributed by atoms with Gasteiger partial charge in [0.2, 0.25) is 11.8 Å². The maximum atomic E-state index is 12.9. The van der Waals surface area contributed by atoms with E-state index in [-0.39, 0.29) is 5.91 Å². The number of amides is 2. The molecule has 27 heavy (non-hydrogen) atoms. The van der Waals surface area contributed by atoms with Crippen molar-refractivity contribution in [1.82, 2.24) is 14.4 Å². The Balaban J connectivity index is 1.78. The molecule has 1 aromatic heterocycles. The predicted octanol–water partition coefficient (Wildman–Crippen LogP) is 1.87. The van der Waals surface area contributed by atoms with E-state index in [9.17, 15) is 27.6 Å². The van der Waals surface area contributed by atoms with Crippen LogP contribution in [0.5, 0.6) is 0 Å². The molecule has 2 aliphatic heterocycles. The van der Waals surface area contributed by atoms with E-state index in [0.29, 0.717) is 32.1 Å². The summed E-state index contributed by atoms with van der Waals surface area (Å²) in [5, 5.41) is 0. The summed E-state index contributed by atoms with van der Waals surface area (Å²) in [6.07, 6.45) is 0.348. The fraction of sp³-hybridized carbons (Fsp3) is 0.611. The summed E-state index contributed by atoms with van der Waals surface area (Å²) in [6, 6.07) is 1.20. The second-order valence-electron chi connectivity index (χ2n) is 6.98. The number of aromatic nitrogens is 1. The van der Waals surface area contributed by atoms with Gasteiger partial charge in [0, 0.05) is 25.8 Å². The fourth-order valence-corrected chi connectivity index (χ4v) is 3.75. The topological polar surface area (TPSA) is 62.6 Å². The molecular formula is C18H22F3N3O3. The van der Waals surface area contributed by atoms with Gasteiger partial charge in [0.15, 0.2) is 0 Å². The zero-order valence-electron chi connectivity index (χ0n) is 14.9. The standard InChI is InChI=1S/C18H22F3N3O3/c19-18(20,21)13-6-5-10-23(16(13)26)12-15(25)24-11-2-1-7-14(24)17(27)22-8-3-4-9-22/h5-6,10,14H,1-4,7-9,11-12H2. The molecule has 0 radical (unpaired) electrons. The lowest BCUT2D eigenvalue weighted by atomic mass is 10.0. The molecule has 2 aliphatic rings. The molecule has 0 spiro atoms. The summed E-state index contributed by atoms with van der Waals surface area (Å²) in [5.74, 6) is -0.606. The van der Waals surface area contributed by atoms with Crippen molar-refractivity contribution in [3.63, 3.8) is 0 Å². The number of nitrogens with zero attached hydrogens (tertiary/aromatic N) is 3.